The van der Waals surface area contributed by atoms with Crippen LogP contribution in [0.15, 0.2) is 29.8 Å². The van der Waals surface area contributed by atoms with E-state index in [0.717, 1.165) is 23.8 Å². The molecule has 0 aromatic carbocycles. The molecule has 0 saturated heterocycles. The Morgan fingerprint density at radius 2 is 2.04 bits per heavy atom. The van der Waals surface area contributed by atoms with E-state index in [1.54, 1.807) is 6.20 Å². The molecule has 7 heteroatoms. The van der Waals surface area contributed by atoms with Crippen molar-refractivity contribution < 1.29 is 4.79 Å². The highest BCUT2D eigenvalue weighted by molar-refractivity contribution is 7.99. The van der Waals surface area contributed by atoms with Crippen molar-refractivity contribution >= 4 is 23.5 Å². The third kappa shape index (κ3) is 3.29. The van der Waals surface area contributed by atoms with E-state index >= 15 is 0 Å². The van der Waals surface area contributed by atoms with Crippen LogP contribution in [-0.2, 0) is 4.79 Å². The Morgan fingerprint density at radius 1 is 1.22 bits per heavy atom. The van der Waals surface area contributed by atoms with Gasteiger partial charge in [-0.15, -0.1) is 0 Å². The van der Waals surface area contributed by atoms with Crippen LogP contribution >= 0.6 is 11.8 Å². The minimum absolute atomic E-state index is 0.0000869. The molecule has 0 unspecified atom stereocenters. The van der Waals surface area contributed by atoms with Gasteiger partial charge in [-0.1, -0.05) is 24.6 Å². The van der Waals surface area contributed by atoms with Crippen molar-refractivity contribution in [3.63, 3.8) is 0 Å². The van der Waals surface area contributed by atoms with Crippen molar-refractivity contribution in [2.24, 2.45) is 0 Å². The van der Waals surface area contributed by atoms with Crippen molar-refractivity contribution in [3.8, 4) is 0 Å². The SMILES string of the molecule is O=C(CSc1nccn1C1CC1)Nc1ccnn1C1CCCC1. The minimum atomic E-state index is 0.0000869. The number of nitrogens with zero attached hydrogens (tertiary/aromatic N) is 4. The molecular weight excluding hydrogens is 310 g/mol. The molecule has 2 aromatic rings. The van der Waals surface area contributed by atoms with Crippen LogP contribution < -0.4 is 5.32 Å². The smallest absolute Gasteiger partial charge is 0.235 e. The first kappa shape index (κ1) is 14.8. The fourth-order valence-corrected chi connectivity index (χ4v) is 4.03. The summed E-state index contributed by atoms with van der Waals surface area (Å²) in [5, 5.41) is 8.32. The quantitative estimate of drug-likeness (QED) is 0.825. The lowest BCUT2D eigenvalue weighted by atomic mass is 10.2. The predicted molar refractivity (Wildman–Crippen MR) is 89.6 cm³/mol. The van der Waals surface area contributed by atoms with E-state index in [1.807, 2.05) is 23.1 Å². The maximum absolute atomic E-state index is 12.3. The highest BCUT2D eigenvalue weighted by Crippen LogP contribution is 2.37. The van der Waals surface area contributed by atoms with Crippen LogP contribution in [0.2, 0.25) is 0 Å². The number of thioether (sulfide) groups is 1. The lowest BCUT2D eigenvalue weighted by Crippen LogP contribution is -2.19. The number of aromatic nitrogens is 4. The number of rotatable bonds is 6. The molecule has 2 heterocycles. The van der Waals surface area contributed by atoms with Crippen LogP contribution in [0.4, 0.5) is 5.82 Å². The van der Waals surface area contributed by atoms with Crippen LogP contribution in [0.5, 0.6) is 0 Å². The first-order valence-corrected chi connectivity index (χ1v) is 9.29. The Labute approximate surface area is 139 Å². The number of hydrogen-bond donors (Lipinski definition) is 1. The molecule has 0 aliphatic heterocycles. The van der Waals surface area contributed by atoms with Crippen molar-refractivity contribution in [1.82, 2.24) is 19.3 Å². The molecule has 0 atom stereocenters. The van der Waals surface area contributed by atoms with Crippen molar-refractivity contribution in [2.75, 3.05) is 11.1 Å². The molecule has 0 radical (unpaired) electrons. The van der Waals surface area contributed by atoms with Crippen molar-refractivity contribution in [2.45, 2.75) is 55.8 Å². The number of hydrogen-bond acceptors (Lipinski definition) is 4. The molecule has 0 bridgehead atoms. The zero-order valence-corrected chi connectivity index (χ0v) is 13.8. The number of carbonyl (C=O) groups excluding carboxylic acids is 1. The molecule has 2 fully saturated rings. The number of imidazole rings is 1. The van der Waals surface area contributed by atoms with Gasteiger partial charge in [0.25, 0.3) is 0 Å². The summed E-state index contributed by atoms with van der Waals surface area (Å²) in [6.45, 7) is 0. The van der Waals surface area contributed by atoms with Crippen LogP contribution in [0.25, 0.3) is 0 Å². The fourth-order valence-electron chi connectivity index (χ4n) is 3.20. The first-order valence-electron chi connectivity index (χ1n) is 8.30. The summed E-state index contributed by atoms with van der Waals surface area (Å²) in [6.07, 6.45) is 12.8. The largest absolute Gasteiger partial charge is 0.323 e. The van der Waals surface area contributed by atoms with Gasteiger partial charge in [0.05, 0.1) is 18.0 Å². The number of amides is 1. The Kier molecular flexibility index (Phi) is 4.11. The lowest BCUT2D eigenvalue weighted by molar-refractivity contribution is -0.113. The predicted octanol–water partition coefficient (Wildman–Crippen LogP) is 3.26. The molecule has 122 valence electrons. The number of carbonyl (C=O) groups is 1. The maximum atomic E-state index is 12.3. The van der Waals surface area contributed by atoms with E-state index in [0.29, 0.717) is 17.8 Å². The van der Waals surface area contributed by atoms with Crippen LogP contribution in [0, 0.1) is 0 Å². The molecule has 4 rings (SSSR count). The zero-order chi connectivity index (χ0) is 15.6. The second-order valence-electron chi connectivity index (χ2n) is 6.28. The molecule has 6 nitrogen and oxygen atoms in total. The Balaban J connectivity index is 1.35. The van der Waals surface area contributed by atoms with Crippen LogP contribution in [0.3, 0.4) is 0 Å². The maximum Gasteiger partial charge on any atom is 0.235 e. The molecule has 0 spiro atoms. The third-order valence-corrected chi connectivity index (χ3v) is 5.50. The monoisotopic (exact) mass is 331 g/mol. The summed E-state index contributed by atoms with van der Waals surface area (Å²) in [7, 11) is 0. The van der Waals surface area contributed by atoms with Gasteiger partial charge < -0.3 is 9.88 Å². The van der Waals surface area contributed by atoms with Crippen LogP contribution in [-0.4, -0.2) is 31.0 Å². The molecule has 2 saturated carbocycles. The van der Waals surface area contributed by atoms with Gasteiger partial charge in [-0.05, 0) is 25.7 Å². The second kappa shape index (κ2) is 6.39. The average molecular weight is 331 g/mol. The average Bonchev–Trinajstić information content (AvgIpc) is 3.00. The Morgan fingerprint density at radius 3 is 2.83 bits per heavy atom. The molecule has 1 N–H and O–H groups in total. The molecule has 2 aromatic heterocycles. The molecule has 1 amide bonds. The lowest BCUT2D eigenvalue weighted by Gasteiger charge is -2.14. The summed E-state index contributed by atoms with van der Waals surface area (Å²) in [5.41, 5.74) is 0. The van der Waals surface area contributed by atoms with Crippen LogP contribution in [0.1, 0.15) is 50.6 Å². The molecule has 2 aliphatic carbocycles. The highest BCUT2D eigenvalue weighted by atomic mass is 32.2. The number of anilines is 1. The van der Waals surface area contributed by atoms with Gasteiger partial charge >= 0.3 is 0 Å². The van der Waals surface area contributed by atoms with Gasteiger partial charge in [-0.3, -0.25) is 4.79 Å². The van der Waals surface area contributed by atoms with Gasteiger partial charge in [0, 0.05) is 24.5 Å². The van der Waals surface area contributed by atoms with Gasteiger partial charge in [0.1, 0.15) is 5.82 Å². The van der Waals surface area contributed by atoms with Gasteiger partial charge in [0.15, 0.2) is 5.16 Å². The summed E-state index contributed by atoms with van der Waals surface area (Å²) < 4.78 is 4.15. The summed E-state index contributed by atoms with van der Waals surface area (Å²) in [6, 6.07) is 2.90. The first-order chi connectivity index (χ1) is 11.3. The molecule has 23 heavy (non-hydrogen) atoms. The van der Waals surface area contributed by atoms with E-state index in [2.05, 4.69) is 20.0 Å². The zero-order valence-electron chi connectivity index (χ0n) is 13.0. The van der Waals surface area contributed by atoms with Gasteiger partial charge in [-0.25, -0.2) is 9.67 Å². The fraction of sp³-hybridized carbons (Fsp3) is 0.562. The summed E-state index contributed by atoms with van der Waals surface area (Å²) in [4.78, 5) is 16.6. The molecule has 2 aliphatic rings. The summed E-state index contributed by atoms with van der Waals surface area (Å²) >= 11 is 1.50. The second-order valence-corrected chi connectivity index (χ2v) is 7.23. The standard InChI is InChI=1S/C16H21N5OS/c22-15(11-23-16-17-9-10-20(16)12-5-6-12)19-14-7-8-18-21(14)13-3-1-2-4-13/h7-10,12-13H,1-6,11H2,(H,19,22). The number of nitrogens with one attached hydrogen (secondary N) is 1. The van der Waals surface area contributed by atoms with E-state index in [1.165, 1.54) is 37.4 Å². The molecular formula is C16H21N5OS. The van der Waals surface area contributed by atoms with Crippen molar-refractivity contribution in [3.05, 3.63) is 24.7 Å². The topological polar surface area (TPSA) is 64.7 Å². The van der Waals surface area contributed by atoms with Crippen molar-refractivity contribution in [1.29, 1.82) is 0 Å². The van der Waals surface area contributed by atoms with Gasteiger partial charge in [-0.2, -0.15) is 5.10 Å². The highest BCUT2D eigenvalue weighted by Gasteiger charge is 2.26. The van der Waals surface area contributed by atoms with E-state index in [-0.39, 0.29) is 5.91 Å². The minimum Gasteiger partial charge on any atom is -0.323 e. The Hall–Kier alpha value is -1.76. The van der Waals surface area contributed by atoms with E-state index in [9.17, 15) is 4.79 Å². The third-order valence-electron chi connectivity index (χ3n) is 4.51. The summed E-state index contributed by atoms with van der Waals surface area (Å²) in [5.74, 6) is 1.19. The Bertz CT molecular complexity index is 684. The normalized spacial score (nSPS) is 18.4. The van der Waals surface area contributed by atoms with Gasteiger partial charge in [0.2, 0.25) is 5.91 Å². The van der Waals surface area contributed by atoms with E-state index in [4.69, 9.17) is 0 Å². The van der Waals surface area contributed by atoms with E-state index < -0.39 is 0 Å².